The molecule has 1 N–H and O–H groups in total. The molecule has 0 aliphatic carbocycles. The van der Waals surface area contributed by atoms with Gasteiger partial charge in [-0.1, -0.05) is 19.9 Å². The fourth-order valence-corrected chi connectivity index (χ4v) is 3.47. The van der Waals surface area contributed by atoms with Crippen molar-refractivity contribution in [3.05, 3.63) is 29.8 Å². The van der Waals surface area contributed by atoms with Crippen molar-refractivity contribution >= 4 is 17.4 Å². The third-order valence-electron chi connectivity index (χ3n) is 2.92. The van der Waals surface area contributed by atoms with E-state index in [4.69, 9.17) is 0 Å². The molecule has 0 spiro atoms. The zero-order chi connectivity index (χ0) is 12.5. The second-order valence-electron chi connectivity index (χ2n) is 5.32. The van der Waals surface area contributed by atoms with E-state index < -0.39 is 11.6 Å². The number of nitrogens with one attached hydrogen (secondary N) is 1. The summed E-state index contributed by atoms with van der Waals surface area (Å²) in [6, 6.07) is 4.09. The number of para-hydroxylation sites is 1. The lowest BCUT2D eigenvalue weighted by atomic mass is 9.88. The highest BCUT2D eigenvalue weighted by molar-refractivity contribution is 7.99. The van der Waals surface area contributed by atoms with Crippen molar-refractivity contribution in [3.8, 4) is 0 Å². The van der Waals surface area contributed by atoms with Crippen molar-refractivity contribution in [2.45, 2.75) is 26.3 Å². The van der Waals surface area contributed by atoms with E-state index in [1.54, 1.807) is 0 Å². The van der Waals surface area contributed by atoms with Crippen LogP contribution in [0.3, 0.4) is 0 Å². The molecular weight excluding hydrogens is 240 g/mol. The third-order valence-corrected chi connectivity index (χ3v) is 4.55. The Morgan fingerprint density at radius 2 is 1.94 bits per heavy atom. The second kappa shape index (κ2) is 4.84. The molecule has 1 unspecified atom stereocenters. The van der Waals surface area contributed by atoms with E-state index >= 15 is 0 Å². The molecule has 1 aromatic carbocycles. The average Bonchev–Trinajstić information content (AvgIpc) is 2.22. The second-order valence-corrected chi connectivity index (χ2v) is 6.35. The maximum Gasteiger partial charge on any atom is 0.149 e. The van der Waals surface area contributed by atoms with Crippen LogP contribution in [0.4, 0.5) is 14.5 Å². The lowest BCUT2D eigenvalue weighted by Crippen LogP contribution is -2.35. The molecule has 0 aromatic heterocycles. The maximum absolute atomic E-state index is 13.5. The van der Waals surface area contributed by atoms with E-state index in [1.165, 1.54) is 18.2 Å². The van der Waals surface area contributed by atoms with Gasteiger partial charge in [-0.2, -0.15) is 11.8 Å². The van der Waals surface area contributed by atoms with E-state index in [0.717, 1.165) is 17.9 Å². The van der Waals surface area contributed by atoms with Crippen LogP contribution in [0.5, 0.6) is 0 Å². The molecule has 94 valence electrons. The van der Waals surface area contributed by atoms with E-state index in [2.05, 4.69) is 19.2 Å². The Morgan fingerprint density at radius 1 is 1.29 bits per heavy atom. The SMILES string of the molecule is CC1(C)CSCC(Nc2c(F)cccc2F)C1. The minimum absolute atomic E-state index is 0.0100. The van der Waals surface area contributed by atoms with Gasteiger partial charge in [0.1, 0.15) is 17.3 Å². The van der Waals surface area contributed by atoms with Gasteiger partial charge in [-0.15, -0.1) is 0 Å². The number of rotatable bonds is 2. The quantitative estimate of drug-likeness (QED) is 0.862. The van der Waals surface area contributed by atoms with Crippen molar-refractivity contribution in [2.75, 3.05) is 16.8 Å². The molecule has 1 heterocycles. The van der Waals surface area contributed by atoms with Gasteiger partial charge in [0.2, 0.25) is 0 Å². The first-order chi connectivity index (χ1) is 7.98. The van der Waals surface area contributed by atoms with Crippen molar-refractivity contribution in [1.82, 2.24) is 0 Å². The van der Waals surface area contributed by atoms with Crippen LogP contribution < -0.4 is 5.32 Å². The van der Waals surface area contributed by atoms with Crippen LogP contribution in [0.15, 0.2) is 18.2 Å². The van der Waals surface area contributed by atoms with Crippen LogP contribution in [0.25, 0.3) is 0 Å². The average molecular weight is 257 g/mol. The summed E-state index contributed by atoms with van der Waals surface area (Å²) in [5.74, 6) is 0.971. The van der Waals surface area contributed by atoms with Crippen LogP contribution in [0, 0.1) is 17.0 Å². The zero-order valence-electron chi connectivity index (χ0n) is 10.1. The number of hydrogen-bond acceptors (Lipinski definition) is 2. The van der Waals surface area contributed by atoms with Crippen LogP contribution in [-0.2, 0) is 0 Å². The molecule has 4 heteroatoms. The van der Waals surface area contributed by atoms with Gasteiger partial charge in [-0.3, -0.25) is 0 Å². The lowest BCUT2D eigenvalue weighted by molar-refractivity contribution is 0.357. The highest BCUT2D eigenvalue weighted by Crippen LogP contribution is 2.35. The normalized spacial score (nSPS) is 23.4. The van der Waals surface area contributed by atoms with Crippen LogP contribution in [-0.4, -0.2) is 17.5 Å². The first kappa shape index (κ1) is 12.7. The van der Waals surface area contributed by atoms with Crippen molar-refractivity contribution in [3.63, 3.8) is 0 Å². The smallest absolute Gasteiger partial charge is 0.149 e. The molecular formula is C13H17F2NS. The molecule has 17 heavy (non-hydrogen) atoms. The van der Waals surface area contributed by atoms with Gasteiger partial charge in [0.25, 0.3) is 0 Å². The van der Waals surface area contributed by atoms with Crippen molar-refractivity contribution < 1.29 is 8.78 Å². The first-order valence-electron chi connectivity index (χ1n) is 5.76. The lowest BCUT2D eigenvalue weighted by Gasteiger charge is -2.35. The summed E-state index contributed by atoms with van der Waals surface area (Å²) in [7, 11) is 0. The molecule has 0 radical (unpaired) electrons. The van der Waals surface area contributed by atoms with E-state index in [0.29, 0.717) is 0 Å². The van der Waals surface area contributed by atoms with E-state index in [9.17, 15) is 8.78 Å². The molecule has 0 saturated carbocycles. The summed E-state index contributed by atoms with van der Waals surface area (Å²) in [6.45, 7) is 4.37. The molecule has 1 atom stereocenters. The van der Waals surface area contributed by atoms with Crippen LogP contribution in [0.2, 0.25) is 0 Å². The maximum atomic E-state index is 13.5. The summed E-state index contributed by atoms with van der Waals surface area (Å²) in [5.41, 5.74) is 0.235. The molecule has 1 aliphatic heterocycles. The van der Waals surface area contributed by atoms with E-state index in [-0.39, 0.29) is 17.1 Å². The molecule has 0 amide bonds. The minimum atomic E-state index is -0.515. The largest absolute Gasteiger partial charge is 0.377 e. The number of benzene rings is 1. The van der Waals surface area contributed by atoms with E-state index in [1.807, 2.05) is 11.8 Å². The molecule has 2 rings (SSSR count). The molecule has 1 aliphatic rings. The molecule has 1 fully saturated rings. The zero-order valence-corrected chi connectivity index (χ0v) is 10.9. The Kier molecular flexibility index (Phi) is 3.61. The van der Waals surface area contributed by atoms with Crippen LogP contribution in [0.1, 0.15) is 20.3 Å². The Morgan fingerprint density at radius 3 is 2.53 bits per heavy atom. The van der Waals surface area contributed by atoms with Gasteiger partial charge in [0, 0.05) is 11.8 Å². The predicted octanol–water partition coefficient (Wildman–Crippen LogP) is 3.91. The van der Waals surface area contributed by atoms with Gasteiger partial charge >= 0.3 is 0 Å². The number of hydrogen-bond donors (Lipinski definition) is 1. The van der Waals surface area contributed by atoms with Crippen molar-refractivity contribution in [1.29, 1.82) is 0 Å². The van der Waals surface area contributed by atoms with Crippen molar-refractivity contribution in [2.24, 2.45) is 5.41 Å². The summed E-state index contributed by atoms with van der Waals surface area (Å²) < 4.78 is 27.0. The summed E-state index contributed by atoms with van der Waals surface area (Å²) >= 11 is 1.83. The third kappa shape index (κ3) is 3.12. The molecule has 1 saturated heterocycles. The van der Waals surface area contributed by atoms with Gasteiger partial charge in [-0.05, 0) is 29.7 Å². The summed E-state index contributed by atoms with van der Waals surface area (Å²) in [5, 5.41) is 3.00. The Bertz CT molecular complexity index is 386. The van der Waals surface area contributed by atoms with Gasteiger partial charge in [-0.25, -0.2) is 8.78 Å². The highest BCUT2D eigenvalue weighted by atomic mass is 32.2. The Balaban J connectivity index is 2.10. The minimum Gasteiger partial charge on any atom is -0.377 e. The monoisotopic (exact) mass is 257 g/mol. The number of thioether (sulfide) groups is 1. The summed E-state index contributed by atoms with van der Waals surface area (Å²) in [6.07, 6.45) is 0.938. The Labute approximate surface area is 105 Å². The topological polar surface area (TPSA) is 12.0 Å². The first-order valence-corrected chi connectivity index (χ1v) is 6.92. The van der Waals surface area contributed by atoms with Gasteiger partial charge in [0.15, 0.2) is 0 Å². The highest BCUT2D eigenvalue weighted by Gasteiger charge is 2.29. The fraction of sp³-hybridized carbons (Fsp3) is 0.538. The fourth-order valence-electron chi connectivity index (χ4n) is 2.19. The summed E-state index contributed by atoms with van der Waals surface area (Å²) in [4.78, 5) is 0. The van der Waals surface area contributed by atoms with Gasteiger partial charge in [0.05, 0.1) is 0 Å². The number of anilines is 1. The standard InChI is InChI=1S/C13H17F2NS/c1-13(2)6-9(7-17-8-13)16-12-10(14)4-3-5-11(12)15/h3-5,9,16H,6-8H2,1-2H3. The molecule has 0 bridgehead atoms. The van der Waals surface area contributed by atoms with Gasteiger partial charge < -0.3 is 5.32 Å². The predicted molar refractivity (Wildman–Crippen MR) is 69.5 cm³/mol. The Hall–Kier alpha value is -0.770. The molecule has 1 nitrogen and oxygen atoms in total. The number of halogens is 2. The van der Waals surface area contributed by atoms with Crippen LogP contribution >= 0.6 is 11.8 Å². The molecule has 1 aromatic rings.